The highest BCUT2D eigenvalue weighted by Crippen LogP contribution is 2.35. The lowest BCUT2D eigenvalue weighted by molar-refractivity contribution is -0.119. The highest BCUT2D eigenvalue weighted by atomic mass is 32.2. The van der Waals surface area contributed by atoms with E-state index < -0.39 is 16.1 Å². The molecule has 2 amide bonds. The van der Waals surface area contributed by atoms with Crippen molar-refractivity contribution < 1.29 is 18.0 Å². The lowest BCUT2D eigenvalue weighted by Gasteiger charge is -2.24. The molecule has 2 heterocycles. The van der Waals surface area contributed by atoms with Gasteiger partial charge in [0.1, 0.15) is 6.04 Å². The molecule has 0 bridgehead atoms. The van der Waals surface area contributed by atoms with Gasteiger partial charge in [-0.2, -0.15) is 4.31 Å². The van der Waals surface area contributed by atoms with Crippen molar-refractivity contribution in [2.45, 2.75) is 57.0 Å². The summed E-state index contributed by atoms with van der Waals surface area (Å²) in [5.74, 6) is -0.376. The fourth-order valence-corrected chi connectivity index (χ4v) is 6.33. The number of hydrogen-bond acceptors (Lipinski definition) is 4. The van der Waals surface area contributed by atoms with E-state index in [2.05, 4.69) is 5.32 Å². The molecule has 0 saturated carbocycles. The molecule has 2 aromatic carbocycles. The Morgan fingerprint density at radius 2 is 1.90 bits per heavy atom. The zero-order valence-corrected chi connectivity index (χ0v) is 18.8. The van der Waals surface area contributed by atoms with Crippen LogP contribution in [-0.2, 0) is 26.0 Å². The van der Waals surface area contributed by atoms with Crippen molar-refractivity contribution in [3.05, 3.63) is 53.6 Å². The Kier molecular flexibility index (Phi) is 5.61. The highest BCUT2D eigenvalue weighted by molar-refractivity contribution is 7.89. The van der Waals surface area contributed by atoms with Crippen LogP contribution < -0.4 is 10.2 Å². The lowest BCUT2D eigenvalue weighted by atomic mass is 10.1. The first-order valence-electron chi connectivity index (χ1n) is 10.5. The third-order valence-corrected chi connectivity index (χ3v) is 7.91. The van der Waals surface area contributed by atoms with E-state index in [0.717, 1.165) is 16.8 Å². The normalized spacial score (nSPS) is 21.2. The Hall–Kier alpha value is -2.71. The smallest absolute Gasteiger partial charge is 0.243 e. The van der Waals surface area contributed by atoms with Crippen molar-refractivity contribution in [3.63, 3.8) is 0 Å². The number of nitrogens with zero attached hydrogens (tertiary/aromatic N) is 2. The van der Waals surface area contributed by atoms with Gasteiger partial charge in [0.15, 0.2) is 0 Å². The van der Waals surface area contributed by atoms with Gasteiger partial charge in [-0.15, -0.1) is 0 Å². The number of hydrogen-bond donors (Lipinski definition) is 1. The zero-order chi connectivity index (χ0) is 22.3. The molecule has 1 fully saturated rings. The third-order valence-electron chi connectivity index (χ3n) is 6.00. The number of fused-ring (bicyclic) bond motifs is 1. The maximum Gasteiger partial charge on any atom is 0.243 e. The topological polar surface area (TPSA) is 86.8 Å². The van der Waals surface area contributed by atoms with Gasteiger partial charge in [-0.05, 0) is 74.6 Å². The molecule has 8 heteroatoms. The molecule has 0 radical (unpaired) electrons. The van der Waals surface area contributed by atoms with E-state index in [4.69, 9.17) is 0 Å². The maximum atomic E-state index is 13.4. The van der Waals surface area contributed by atoms with Crippen molar-refractivity contribution in [1.29, 1.82) is 0 Å². The highest BCUT2D eigenvalue weighted by Gasteiger charge is 2.40. The van der Waals surface area contributed by atoms with Crippen molar-refractivity contribution in [2.24, 2.45) is 0 Å². The van der Waals surface area contributed by atoms with Crippen LogP contribution >= 0.6 is 0 Å². The molecule has 2 aliphatic rings. The second kappa shape index (κ2) is 8.09. The summed E-state index contributed by atoms with van der Waals surface area (Å²) >= 11 is 0. The summed E-state index contributed by atoms with van der Waals surface area (Å²) in [6, 6.07) is 11.6. The van der Waals surface area contributed by atoms with Crippen LogP contribution in [-0.4, -0.2) is 43.2 Å². The number of carbonyl (C=O) groups is 2. The fraction of sp³-hybridized carbons (Fsp3) is 0.391. The molecule has 0 unspecified atom stereocenters. The first kappa shape index (κ1) is 21.5. The zero-order valence-electron chi connectivity index (χ0n) is 18.0. The average Bonchev–Trinajstić information content (AvgIpc) is 3.31. The molecule has 2 aliphatic heterocycles. The van der Waals surface area contributed by atoms with E-state index in [1.807, 2.05) is 32.0 Å². The Bertz CT molecular complexity index is 1150. The summed E-state index contributed by atoms with van der Waals surface area (Å²) in [6.45, 7) is 5.70. The van der Waals surface area contributed by atoms with Crippen LogP contribution in [0.2, 0.25) is 0 Å². The molecular weight excluding hydrogens is 414 g/mol. The number of nitrogens with one attached hydrogen (secondary N) is 1. The Labute approximate surface area is 183 Å². The fourth-order valence-electron chi connectivity index (χ4n) is 4.62. The van der Waals surface area contributed by atoms with Crippen LogP contribution in [0.5, 0.6) is 0 Å². The van der Waals surface area contributed by atoms with Crippen LogP contribution in [0.15, 0.2) is 47.4 Å². The monoisotopic (exact) mass is 441 g/mol. The minimum Gasteiger partial charge on any atom is -0.325 e. The summed E-state index contributed by atoms with van der Waals surface area (Å²) in [5.41, 5.74) is 3.27. The van der Waals surface area contributed by atoms with Crippen LogP contribution in [0.4, 0.5) is 11.4 Å². The van der Waals surface area contributed by atoms with Gasteiger partial charge in [0, 0.05) is 30.9 Å². The SMILES string of the molecule is CC(=O)N1c2ccc(S(=O)(=O)N3CCC[C@H]3C(=O)Nc3cccc(C)c3)cc2C[C@H]1C. The number of sulfonamides is 1. The Morgan fingerprint density at radius 1 is 1.13 bits per heavy atom. The van der Waals surface area contributed by atoms with Crippen LogP contribution in [0.25, 0.3) is 0 Å². The Morgan fingerprint density at radius 3 is 2.61 bits per heavy atom. The summed E-state index contributed by atoms with van der Waals surface area (Å²) in [6.07, 6.45) is 1.72. The quantitative estimate of drug-likeness (QED) is 0.790. The molecule has 31 heavy (non-hydrogen) atoms. The number of rotatable bonds is 4. The number of carbonyl (C=O) groups excluding carboxylic acids is 2. The van der Waals surface area contributed by atoms with E-state index in [9.17, 15) is 18.0 Å². The van der Waals surface area contributed by atoms with Crippen molar-refractivity contribution in [1.82, 2.24) is 4.31 Å². The summed E-state index contributed by atoms with van der Waals surface area (Å²) in [4.78, 5) is 26.7. The molecule has 0 aliphatic carbocycles. The second-order valence-electron chi connectivity index (χ2n) is 8.37. The minimum atomic E-state index is -3.84. The lowest BCUT2D eigenvalue weighted by Crippen LogP contribution is -2.43. The Balaban J connectivity index is 1.59. The first-order valence-corrected chi connectivity index (χ1v) is 11.9. The summed E-state index contributed by atoms with van der Waals surface area (Å²) < 4.78 is 28.1. The van der Waals surface area contributed by atoms with E-state index in [0.29, 0.717) is 31.5 Å². The van der Waals surface area contributed by atoms with Gasteiger partial charge in [0.2, 0.25) is 21.8 Å². The van der Waals surface area contributed by atoms with Crippen molar-refractivity contribution in [3.8, 4) is 0 Å². The average molecular weight is 442 g/mol. The van der Waals surface area contributed by atoms with E-state index in [1.165, 1.54) is 17.3 Å². The number of benzene rings is 2. The van der Waals surface area contributed by atoms with Crippen molar-refractivity contribution in [2.75, 3.05) is 16.8 Å². The molecule has 164 valence electrons. The number of amides is 2. The number of aryl methyl sites for hydroxylation is 1. The minimum absolute atomic E-state index is 0.00917. The second-order valence-corrected chi connectivity index (χ2v) is 10.3. The van der Waals surface area contributed by atoms with E-state index >= 15 is 0 Å². The van der Waals surface area contributed by atoms with Crippen molar-refractivity contribution >= 4 is 33.2 Å². The summed E-state index contributed by atoms with van der Waals surface area (Å²) in [7, 11) is -3.84. The molecule has 2 atom stereocenters. The van der Waals surface area contributed by atoms with Gasteiger partial charge in [0.05, 0.1) is 4.90 Å². The van der Waals surface area contributed by atoms with Gasteiger partial charge < -0.3 is 10.2 Å². The molecule has 1 saturated heterocycles. The van der Waals surface area contributed by atoms with Crippen LogP contribution in [0.1, 0.15) is 37.8 Å². The first-order chi connectivity index (χ1) is 14.7. The standard InChI is InChI=1S/C23H27N3O4S/c1-15-6-4-7-19(12-15)24-23(28)22-8-5-11-25(22)31(29,30)20-9-10-21-18(14-20)13-16(2)26(21)17(3)27/h4,6-7,9-10,12,14,16,22H,5,8,11,13H2,1-3H3,(H,24,28)/t16-,22+/m1/s1. The maximum absolute atomic E-state index is 13.4. The molecule has 7 nitrogen and oxygen atoms in total. The van der Waals surface area contributed by atoms with Gasteiger partial charge in [-0.1, -0.05) is 12.1 Å². The molecule has 1 N–H and O–H groups in total. The molecule has 0 aromatic heterocycles. The largest absolute Gasteiger partial charge is 0.325 e. The predicted octanol–water partition coefficient (Wildman–Crippen LogP) is 3.08. The molecule has 4 rings (SSSR count). The summed E-state index contributed by atoms with van der Waals surface area (Å²) in [5, 5.41) is 2.85. The van der Waals surface area contributed by atoms with Crippen LogP contribution in [0, 0.1) is 6.92 Å². The number of anilines is 2. The van der Waals surface area contributed by atoms with Gasteiger partial charge in [0.25, 0.3) is 0 Å². The van der Waals surface area contributed by atoms with Gasteiger partial charge in [-0.25, -0.2) is 8.42 Å². The predicted molar refractivity (Wildman–Crippen MR) is 119 cm³/mol. The third kappa shape index (κ3) is 3.97. The van der Waals surface area contributed by atoms with E-state index in [-0.39, 0.29) is 22.8 Å². The van der Waals surface area contributed by atoms with Gasteiger partial charge in [-0.3, -0.25) is 9.59 Å². The molecule has 0 spiro atoms. The molecular formula is C23H27N3O4S. The van der Waals surface area contributed by atoms with Gasteiger partial charge >= 0.3 is 0 Å². The molecule has 2 aromatic rings. The van der Waals surface area contributed by atoms with Crippen LogP contribution in [0.3, 0.4) is 0 Å². The van der Waals surface area contributed by atoms with E-state index in [1.54, 1.807) is 23.1 Å².